The van der Waals surface area contributed by atoms with E-state index in [0.29, 0.717) is 145 Å². The Morgan fingerprint density at radius 1 is 0.225 bits per heavy atom. The zero-order valence-corrected chi connectivity index (χ0v) is 44.1. The molecular formula is C59H96O12. The first-order valence-electron chi connectivity index (χ1n) is 27.5. The molecule has 0 N–H and O–H groups in total. The van der Waals surface area contributed by atoms with Gasteiger partial charge in [0.15, 0.2) is 0 Å². The van der Waals surface area contributed by atoms with E-state index in [-0.39, 0.29) is 0 Å². The lowest BCUT2D eigenvalue weighted by atomic mass is 9.80. The molecule has 3 aromatic rings. The Labute approximate surface area is 430 Å². The molecule has 0 spiro atoms. The SMILES string of the molecule is CCCCCCCCCCCCCCCCCCOCCOCCOCCOCCOCCOCCOCCOCCOCCOCCOCCOC(c1ccccc1)(c1ccccc1)c1ccccc1. The number of ether oxygens (including phenoxy) is 12. The van der Waals surface area contributed by atoms with Gasteiger partial charge in [-0.3, -0.25) is 0 Å². The first kappa shape index (κ1) is 62.5. The fraction of sp³-hybridized carbons (Fsp3) is 0.695. The molecule has 12 heteroatoms. The third-order valence-corrected chi connectivity index (χ3v) is 11.9. The third kappa shape index (κ3) is 33.6. The minimum Gasteiger partial charge on any atom is -0.379 e. The second-order valence-corrected chi connectivity index (χ2v) is 17.7. The molecule has 0 saturated heterocycles. The fourth-order valence-corrected chi connectivity index (χ4v) is 8.08. The predicted molar refractivity (Wildman–Crippen MR) is 284 cm³/mol. The summed E-state index contributed by atoms with van der Waals surface area (Å²) >= 11 is 0. The molecule has 0 heterocycles. The molecule has 0 saturated carbocycles. The average molecular weight is 997 g/mol. The van der Waals surface area contributed by atoms with Gasteiger partial charge in [-0.25, -0.2) is 0 Å². The van der Waals surface area contributed by atoms with E-state index < -0.39 is 5.60 Å². The van der Waals surface area contributed by atoms with Gasteiger partial charge in [0.25, 0.3) is 0 Å². The minimum atomic E-state index is -0.753. The van der Waals surface area contributed by atoms with Gasteiger partial charge in [-0.15, -0.1) is 0 Å². The van der Waals surface area contributed by atoms with E-state index in [1.54, 1.807) is 0 Å². The number of benzene rings is 3. The van der Waals surface area contributed by atoms with Crippen LogP contribution in [0.1, 0.15) is 126 Å². The van der Waals surface area contributed by atoms with Crippen LogP contribution < -0.4 is 0 Å². The topological polar surface area (TPSA) is 111 Å². The fourth-order valence-electron chi connectivity index (χ4n) is 8.08. The van der Waals surface area contributed by atoms with Crippen molar-refractivity contribution in [1.29, 1.82) is 0 Å². The molecule has 0 fully saturated rings. The summed E-state index contributed by atoms with van der Waals surface area (Å²) in [6.07, 6.45) is 22.1. The molecule has 0 aliphatic rings. The summed E-state index contributed by atoms with van der Waals surface area (Å²) in [5, 5.41) is 0. The Morgan fingerprint density at radius 3 is 0.662 bits per heavy atom. The van der Waals surface area contributed by atoms with Crippen molar-refractivity contribution in [3.05, 3.63) is 108 Å². The number of hydrogen-bond acceptors (Lipinski definition) is 12. The zero-order chi connectivity index (χ0) is 49.9. The summed E-state index contributed by atoms with van der Waals surface area (Å²) in [7, 11) is 0. The van der Waals surface area contributed by atoms with Crippen LogP contribution in [0.2, 0.25) is 0 Å². The highest BCUT2D eigenvalue weighted by Gasteiger charge is 2.37. The van der Waals surface area contributed by atoms with Crippen LogP contribution in [0.25, 0.3) is 0 Å². The molecular weight excluding hydrogens is 901 g/mol. The Hall–Kier alpha value is -2.82. The van der Waals surface area contributed by atoms with Crippen molar-refractivity contribution in [2.75, 3.05) is 152 Å². The van der Waals surface area contributed by atoms with Crippen LogP contribution in [0.15, 0.2) is 91.0 Å². The molecule has 0 aromatic heterocycles. The predicted octanol–water partition coefficient (Wildman–Crippen LogP) is 11.4. The smallest absolute Gasteiger partial charge is 0.143 e. The molecule has 0 aliphatic heterocycles. The maximum Gasteiger partial charge on any atom is 0.143 e. The van der Waals surface area contributed by atoms with Crippen LogP contribution in [0, 0.1) is 0 Å². The summed E-state index contributed by atoms with van der Waals surface area (Å²) in [5.41, 5.74) is 2.45. The molecule has 3 rings (SSSR count). The lowest BCUT2D eigenvalue weighted by Gasteiger charge is -2.36. The quantitative estimate of drug-likeness (QED) is 0.0397. The Balaban J connectivity index is 0.946. The summed E-state index contributed by atoms with van der Waals surface area (Å²) in [4.78, 5) is 0. The molecule has 404 valence electrons. The van der Waals surface area contributed by atoms with Gasteiger partial charge < -0.3 is 56.8 Å². The Bertz CT molecular complexity index is 1410. The molecule has 3 aromatic carbocycles. The highest BCUT2D eigenvalue weighted by Crippen LogP contribution is 2.40. The second kappa shape index (κ2) is 48.1. The van der Waals surface area contributed by atoms with Crippen molar-refractivity contribution >= 4 is 0 Å². The van der Waals surface area contributed by atoms with E-state index in [2.05, 4.69) is 43.3 Å². The summed E-state index contributed by atoms with van der Waals surface area (Å²) in [5.74, 6) is 0. The molecule has 0 bridgehead atoms. The van der Waals surface area contributed by atoms with Crippen LogP contribution in [0.4, 0.5) is 0 Å². The maximum atomic E-state index is 6.75. The highest BCUT2D eigenvalue weighted by molar-refractivity contribution is 5.47. The first-order chi connectivity index (χ1) is 35.4. The second-order valence-electron chi connectivity index (χ2n) is 17.7. The monoisotopic (exact) mass is 997 g/mol. The van der Waals surface area contributed by atoms with Crippen LogP contribution >= 0.6 is 0 Å². The van der Waals surface area contributed by atoms with E-state index in [4.69, 9.17) is 56.8 Å². The van der Waals surface area contributed by atoms with Crippen molar-refractivity contribution in [3.8, 4) is 0 Å². The molecule has 0 unspecified atom stereocenters. The number of hydrogen-bond donors (Lipinski definition) is 0. The first-order valence-corrected chi connectivity index (χ1v) is 27.5. The van der Waals surface area contributed by atoms with Crippen molar-refractivity contribution in [2.45, 2.75) is 115 Å². The molecule has 71 heavy (non-hydrogen) atoms. The van der Waals surface area contributed by atoms with Gasteiger partial charge in [-0.05, 0) is 23.1 Å². The van der Waals surface area contributed by atoms with E-state index >= 15 is 0 Å². The van der Waals surface area contributed by atoms with Crippen LogP contribution in [0.5, 0.6) is 0 Å². The molecule has 12 nitrogen and oxygen atoms in total. The van der Waals surface area contributed by atoms with Gasteiger partial charge in [0, 0.05) is 6.61 Å². The average Bonchev–Trinajstić information content (AvgIpc) is 3.41. The van der Waals surface area contributed by atoms with Crippen LogP contribution in [-0.2, 0) is 62.4 Å². The van der Waals surface area contributed by atoms with Gasteiger partial charge in [0.05, 0.1) is 145 Å². The molecule has 0 amide bonds. The van der Waals surface area contributed by atoms with E-state index in [1.807, 2.05) is 54.6 Å². The minimum absolute atomic E-state index is 0.416. The van der Waals surface area contributed by atoms with Gasteiger partial charge in [-0.1, -0.05) is 194 Å². The summed E-state index contributed by atoms with van der Waals surface area (Å²) in [6.45, 7) is 14.4. The normalized spacial score (nSPS) is 11.8. The summed E-state index contributed by atoms with van der Waals surface area (Å²) in [6, 6.07) is 31.1. The summed E-state index contributed by atoms with van der Waals surface area (Å²) < 4.78 is 68.7. The third-order valence-electron chi connectivity index (χ3n) is 11.9. The Kier molecular flexibility index (Phi) is 42.4. The largest absolute Gasteiger partial charge is 0.379 e. The zero-order valence-electron chi connectivity index (χ0n) is 44.1. The van der Waals surface area contributed by atoms with Gasteiger partial charge in [0.2, 0.25) is 0 Å². The van der Waals surface area contributed by atoms with Gasteiger partial charge >= 0.3 is 0 Å². The maximum absolute atomic E-state index is 6.75. The lowest BCUT2D eigenvalue weighted by molar-refractivity contribution is -0.0399. The lowest BCUT2D eigenvalue weighted by Crippen LogP contribution is -2.34. The van der Waals surface area contributed by atoms with Gasteiger partial charge in [0.1, 0.15) is 5.60 Å². The number of rotatable bonds is 54. The van der Waals surface area contributed by atoms with Crippen molar-refractivity contribution in [2.24, 2.45) is 0 Å². The molecule has 0 aliphatic carbocycles. The standard InChI is InChI=1S/C59H96O12/c1-2-3-4-5-6-7-8-9-10-11-12-13-14-15-16-26-33-60-34-35-61-36-37-62-38-39-63-40-41-64-42-43-65-44-45-66-46-47-67-48-49-68-50-51-69-52-53-70-54-55-71-59(56-27-20-17-21-28-56,57-29-22-18-23-30-57)58-31-24-19-25-32-58/h17-25,27-32H,2-16,26,33-55H2,1H3. The molecule has 0 radical (unpaired) electrons. The van der Waals surface area contributed by atoms with Crippen molar-refractivity contribution in [3.63, 3.8) is 0 Å². The molecule has 0 atom stereocenters. The van der Waals surface area contributed by atoms with E-state index in [1.165, 1.54) is 96.3 Å². The number of unbranched alkanes of at least 4 members (excludes halogenated alkanes) is 15. The van der Waals surface area contributed by atoms with Crippen LogP contribution in [-0.4, -0.2) is 152 Å². The van der Waals surface area contributed by atoms with E-state index in [0.717, 1.165) is 29.7 Å². The van der Waals surface area contributed by atoms with E-state index in [9.17, 15) is 0 Å². The van der Waals surface area contributed by atoms with Crippen molar-refractivity contribution < 1.29 is 56.8 Å². The van der Waals surface area contributed by atoms with Crippen molar-refractivity contribution in [1.82, 2.24) is 0 Å². The highest BCUT2D eigenvalue weighted by atomic mass is 16.6. The van der Waals surface area contributed by atoms with Crippen LogP contribution in [0.3, 0.4) is 0 Å². The Morgan fingerprint density at radius 2 is 0.423 bits per heavy atom. The van der Waals surface area contributed by atoms with Gasteiger partial charge in [-0.2, -0.15) is 0 Å².